The number of piperidine rings is 1. The molecule has 0 spiro atoms. The number of aromatic nitrogens is 4. The van der Waals surface area contributed by atoms with Crippen molar-refractivity contribution in [2.45, 2.75) is 32.2 Å². The summed E-state index contributed by atoms with van der Waals surface area (Å²) in [5.74, 6) is -0.568. The zero-order chi connectivity index (χ0) is 18.4. The fourth-order valence-electron chi connectivity index (χ4n) is 3.28. The maximum atomic E-state index is 13.2. The van der Waals surface area contributed by atoms with E-state index in [0.29, 0.717) is 26.1 Å². The number of hydrogen-bond donors (Lipinski definition) is 0. The van der Waals surface area contributed by atoms with Gasteiger partial charge in [-0.05, 0) is 35.8 Å². The van der Waals surface area contributed by atoms with Crippen molar-refractivity contribution in [3.05, 3.63) is 42.2 Å². The molecule has 2 atom stereocenters. The molecule has 1 aliphatic heterocycles. The molecule has 26 heavy (non-hydrogen) atoms. The van der Waals surface area contributed by atoms with E-state index in [4.69, 9.17) is 4.74 Å². The molecule has 0 radical (unpaired) electrons. The van der Waals surface area contributed by atoms with E-state index in [0.717, 1.165) is 18.4 Å². The van der Waals surface area contributed by atoms with Crippen molar-refractivity contribution in [1.29, 1.82) is 0 Å². The van der Waals surface area contributed by atoms with Crippen LogP contribution in [0.2, 0.25) is 0 Å². The second kappa shape index (κ2) is 8.55. The van der Waals surface area contributed by atoms with E-state index in [2.05, 4.69) is 15.5 Å². The lowest BCUT2D eigenvalue weighted by atomic mass is 9.96. The van der Waals surface area contributed by atoms with E-state index >= 15 is 0 Å². The first-order chi connectivity index (χ1) is 12.7. The Bertz CT molecular complexity index is 720. The number of carbonyl (C=O) groups is 2. The van der Waals surface area contributed by atoms with Crippen molar-refractivity contribution in [3.63, 3.8) is 0 Å². The van der Waals surface area contributed by atoms with Crippen LogP contribution in [0.25, 0.3) is 0 Å². The SMILES string of the molecule is CCOC(=O)[C@@H]1CCCN(C(=O)[C@@H](Cc2ccccc2)n2cnnn2)C1. The highest BCUT2D eigenvalue weighted by molar-refractivity contribution is 5.82. The van der Waals surface area contributed by atoms with Gasteiger partial charge in [-0.1, -0.05) is 30.3 Å². The van der Waals surface area contributed by atoms with Gasteiger partial charge in [0.25, 0.3) is 0 Å². The average Bonchev–Trinajstić information content (AvgIpc) is 3.21. The fraction of sp³-hybridized carbons (Fsp3) is 0.500. The van der Waals surface area contributed by atoms with Gasteiger partial charge in [0.15, 0.2) is 0 Å². The zero-order valence-corrected chi connectivity index (χ0v) is 14.8. The molecule has 0 unspecified atom stereocenters. The number of nitrogens with zero attached hydrogens (tertiary/aromatic N) is 5. The van der Waals surface area contributed by atoms with Gasteiger partial charge in [0.1, 0.15) is 12.4 Å². The summed E-state index contributed by atoms with van der Waals surface area (Å²) in [6, 6.07) is 9.23. The Labute approximate surface area is 152 Å². The van der Waals surface area contributed by atoms with Crippen LogP contribution in [-0.4, -0.2) is 56.7 Å². The van der Waals surface area contributed by atoms with Crippen molar-refractivity contribution in [3.8, 4) is 0 Å². The van der Waals surface area contributed by atoms with E-state index in [9.17, 15) is 9.59 Å². The van der Waals surface area contributed by atoms with Gasteiger partial charge in [-0.15, -0.1) is 5.10 Å². The minimum absolute atomic E-state index is 0.0739. The number of rotatable bonds is 6. The minimum Gasteiger partial charge on any atom is -0.466 e. The number of carbonyl (C=O) groups excluding carboxylic acids is 2. The molecule has 0 bridgehead atoms. The fourth-order valence-corrected chi connectivity index (χ4v) is 3.28. The first kappa shape index (κ1) is 18.0. The van der Waals surface area contributed by atoms with E-state index in [-0.39, 0.29) is 17.8 Å². The van der Waals surface area contributed by atoms with Crippen molar-refractivity contribution >= 4 is 11.9 Å². The van der Waals surface area contributed by atoms with Crippen LogP contribution < -0.4 is 0 Å². The highest BCUT2D eigenvalue weighted by Gasteiger charge is 2.33. The van der Waals surface area contributed by atoms with Crippen LogP contribution in [0, 0.1) is 5.92 Å². The summed E-state index contributed by atoms with van der Waals surface area (Å²) in [6.45, 7) is 3.15. The topological polar surface area (TPSA) is 90.2 Å². The Kier molecular flexibility index (Phi) is 5.93. The first-order valence-corrected chi connectivity index (χ1v) is 8.91. The summed E-state index contributed by atoms with van der Waals surface area (Å²) < 4.78 is 6.61. The minimum atomic E-state index is -0.534. The lowest BCUT2D eigenvalue weighted by Crippen LogP contribution is -2.46. The molecule has 1 saturated heterocycles. The van der Waals surface area contributed by atoms with E-state index in [1.54, 1.807) is 11.8 Å². The molecule has 0 saturated carbocycles. The number of amides is 1. The normalized spacial score (nSPS) is 18.3. The molecule has 8 heteroatoms. The molecular formula is C18H23N5O3. The molecule has 138 valence electrons. The summed E-state index contributed by atoms with van der Waals surface area (Å²) in [5.41, 5.74) is 1.03. The van der Waals surface area contributed by atoms with Crippen LogP contribution in [0.3, 0.4) is 0 Å². The molecule has 2 aromatic rings. The Morgan fingerprint density at radius 1 is 1.31 bits per heavy atom. The first-order valence-electron chi connectivity index (χ1n) is 8.91. The summed E-state index contributed by atoms with van der Waals surface area (Å²) in [6.07, 6.45) is 3.48. The Morgan fingerprint density at radius 3 is 2.81 bits per heavy atom. The number of esters is 1. The van der Waals surface area contributed by atoms with Gasteiger partial charge in [0.2, 0.25) is 5.91 Å². The monoisotopic (exact) mass is 357 g/mol. The van der Waals surface area contributed by atoms with Crippen molar-refractivity contribution in [2.24, 2.45) is 5.92 Å². The Morgan fingerprint density at radius 2 is 2.12 bits per heavy atom. The second-order valence-electron chi connectivity index (χ2n) is 6.37. The van der Waals surface area contributed by atoms with Crippen molar-refractivity contribution in [2.75, 3.05) is 19.7 Å². The smallest absolute Gasteiger partial charge is 0.310 e. The highest BCUT2D eigenvalue weighted by Crippen LogP contribution is 2.23. The second-order valence-corrected chi connectivity index (χ2v) is 6.37. The molecule has 2 heterocycles. The van der Waals surface area contributed by atoms with Crippen LogP contribution in [-0.2, 0) is 20.7 Å². The quantitative estimate of drug-likeness (QED) is 0.723. The van der Waals surface area contributed by atoms with Crippen LogP contribution in [0.15, 0.2) is 36.7 Å². The number of ether oxygens (including phenoxy) is 1. The molecule has 1 fully saturated rings. The van der Waals surface area contributed by atoms with Crippen LogP contribution in [0.5, 0.6) is 0 Å². The average molecular weight is 357 g/mol. The van der Waals surface area contributed by atoms with Crippen LogP contribution in [0.4, 0.5) is 0 Å². The third-order valence-electron chi connectivity index (χ3n) is 4.59. The number of likely N-dealkylation sites (tertiary alicyclic amines) is 1. The number of benzene rings is 1. The molecule has 0 N–H and O–H groups in total. The maximum Gasteiger partial charge on any atom is 0.310 e. The lowest BCUT2D eigenvalue weighted by Gasteiger charge is -2.33. The lowest BCUT2D eigenvalue weighted by molar-refractivity contribution is -0.151. The highest BCUT2D eigenvalue weighted by atomic mass is 16.5. The summed E-state index contributed by atoms with van der Waals surface area (Å²) in [4.78, 5) is 27.0. The van der Waals surface area contributed by atoms with Gasteiger partial charge < -0.3 is 9.64 Å². The Hall–Kier alpha value is -2.77. The third kappa shape index (κ3) is 4.25. The molecular weight excluding hydrogens is 334 g/mol. The van der Waals surface area contributed by atoms with Gasteiger partial charge in [0.05, 0.1) is 12.5 Å². The zero-order valence-electron chi connectivity index (χ0n) is 14.8. The molecule has 1 aliphatic rings. The maximum absolute atomic E-state index is 13.2. The van der Waals surface area contributed by atoms with Crippen LogP contribution in [0.1, 0.15) is 31.4 Å². The van der Waals surface area contributed by atoms with Gasteiger partial charge in [-0.2, -0.15) is 0 Å². The molecule has 3 rings (SSSR count). The van der Waals surface area contributed by atoms with Gasteiger partial charge in [-0.3, -0.25) is 9.59 Å². The van der Waals surface area contributed by atoms with Gasteiger partial charge in [0, 0.05) is 19.5 Å². The summed E-state index contributed by atoms with van der Waals surface area (Å²) >= 11 is 0. The van der Waals surface area contributed by atoms with Crippen molar-refractivity contribution in [1.82, 2.24) is 25.1 Å². The largest absolute Gasteiger partial charge is 0.466 e. The molecule has 0 aliphatic carbocycles. The van der Waals surface area contributed by atoms with E-state index in [1.165, 1.54) is 11.0 Å². The molecule has 1 amide bonds. The van der Waals surface area contributed by atoms with Gasteiger partial charge >= 0.3 is 5.97 Å². The number of hydrogen-bond acceptors (Lipinski definition) is 6. The molecule has 1 aromatic carbocycles. The Balaban J connectivity index is 1.75. The number of tetrazole rings is 1. The third-order valence-corrected chi connectivity index (χ3v) is 4.59. The molecule has 8 nitrogen and oxygen atoms in total. The van der Waals surface area contributed by atoms with Gasteiger partial charge in [-0.25, -0.2) is 4.68 Å². The predicted molar refractivity (Wildman–Crippen MR) is 92.9 cm³/mol. The standard InChI is InChI=1S/C18H23N5O3/c1-2-26-18(25)15-9-6-10-22(12-15)17(24)16(23-13-19-20-21-23)11-14-7-4-3-5-8-14/h3-5,7-8,13,15-16H,2,6,9-12H2,1H3/t15-,16-/m1/s1. The van der Waals surface area contributed by atoms with Crippen molar-refractivity contribution < 1.29 is 14.3 Å². The van der Waals surface area contributed by atoms with E-state index < -0.39 is 6.04 Å². The summed E-state index contributed by atoms with van der Waals surface area (Å²) in [7, 11) is 0. The van der Waals surface area contributed by atoms with E-state index in [1.807, 2.05) is 30.3 Å². The summed E-state index contributed by atoms with van der Waals surface area (Å²) in [5, 5.41) is 11.3. The molecule has 1 aromatic heterocycles. The predicted octanol–water partition coefficient (Wildman–Crippen LogP) is 1.26. The van der Waals surface area contributed by atoms with Crippen LogP contribution >= 0.6 is 0 Å².